The van der Waals surface area contributed by atoms with E-state index < -0.39 is 21.9 Å². The number of pyridine rings is 1. The molecule has 10 nitrogen and oxygen atoms in total. The van der Waals surface area contributed by atoms with Gasteiger partial charge in [-0.3, -0.25) is 4.79 Å². The Bertz CT molecular complexity index is 1650. The zero-order valence-corrected chi connectivity index (χ0v) is 24.1. The molecule has 4 heterocycles. The summed E-state index contributed by atoms with van der Waals surface area (Å²) in [4.78, 5) is 16.8. The summed E-state index contributed by atoms with van der Waals surface area (Å²) in [5, 5.41) is 18.3. The first-order valence-electron chi connectivity index (χ1n) is 12.6. The number of rotatable bonds is 8. The van der Waals surface area contributed by atoms with Gasteiger partial charge in [-0.25, -0.2) is 18.1 Å². The number of nitrogens with zero attached hydrogens (tertiary/aromatic N) is 5. The number of aryl methyl sites for hydroxylation is 2. The van der Waals surface area contributed by atoms with E-state index in [1.165, 1.54) is 27.9 Å². The lowest BCUT2D eigenvalue weighted by Gasteiger charge is -2.22. The van der Waals surface area contributed by atoms with Gasteiger partial charge in [0.2, 0.25) is 15.9 Å². The molecule has 13 heteroatoms. The number of hydrogen-bond acceptors (Lipinski definition) is 8. The van der Waals surface area contributed by atoms with Crippen LogP contribution >= 0.6 is 22.9 Å². The summed E-state index contributed by atoms with van der Waals surface area (Å²) in [6.45, 7) is 6.65. The number of carboxylic acid groups (broad SMARTS) is 1. The predicted octanol–water partition coefficient (Wildman–Crippen LogP) is 4.84. The molecule has 206 valence electrons. The molecule has 0 unspecified atom stereocenters. The second kappa shape index (κ2) is 10.8. The van der Waals surface area contributed by atoms with Crippen LogP contribution in [0.3, 0.4) is 0 Å². The molecule has 0 bridgehead atoms. The lowest BCUT2D eigenvalue weighted by Crippen LogP contribution is -2.36. The van der Waals surface area contributed by atoms with Crippen LogP contribution in [0.2, 0.25) is 4.34 Å². The Hall–Kier alpha value is -3.06. The van der Waals surface area contributed by atoms with Crippen molar-refractivity contribution in [3.8, 4) is 5.88 Å². The molecular weight excluding hydrogens is 562 g/mol. The van der Waals surface area contributed by atoms with Crippen molar-refractivity contribution in [2.45, 2.75) is 63.6 Å². The maximum Gasteiger partial charge on any atom is 0.304 e. The number of benzene rings is 1. The third-order valence-corrected chi connectivity index (χ3v) is 10.4. The van der Waals surface area contributed by atoms with Crippen LogP contribution in [0.5, 0.6) is 5.88 Å². The Kier molecular flexibility index (Phi) is 7.64. The lowest BCUT2D eigenvalue weighted by atomic mass is 9.89. The fourth-order valence-electron chi connectivity index (χ4n) is 4.91. The molecule has 1 aliphatic rings. The van der Waals surface area contributed by atoms with Gasteiger partial charge in [0.25, 0.3) is 0 Å². The van der Waals surface area contributed by atoms with Crippen LogP contribution in [-0.4, -0.2) is 56.4 Å². The van der Waals surface area contributed by atoms with E-state index >= 15 is 0 Å². The Balaban J connectivity index is 1.53. The minimum Gasteiger partial charge on any atom is -0.481 e. The van der Waals surface area contributed by atoms with E-state index in [-0.39, 0.29) is 36.4 Å². The largest absolute Gasteiger partial charge is 0.481 e. The van der Waals surface area contributed by atoms with Gasteiger partial charge in [0, 0.05) is 30.1 Å². The molecule has 0 amide bonds. The molecule has 0 saturated heterocycles. The number of aliphatic carboxylic acids is 1. The number of sulfonamides is 1. The highest BCUT2D eigenvalue weighted by atomic mass is 35.5. The van der Waals surface area contributed by atoms with Crippen LogP contribution in [0.15, 0.2) is 41.4 Å². The van der Waals surface area contributed by atoms with Crippen molar-refractivity contribution >= 4 is 50.0 Å². The maximum atomic E-state index is 13.6. The maximum absolute atomic E-state index is 13.6. The Morgan fingerprint density at radius 2 is 2.10 bits per heavy atom. The van der Waals surface area contributed by atoms with Gasteiger partial charge in [0.1, 0.15) is 16.5 Å². The van der Waals surface area contributed by atoms with Gasteiger partial charge < -0.3 is 9.84 Å². The smallest absolute Gasteiger partial charge is 0.304 e. The van der Waals surface area contributed by atoms with Crippen molar-refractivity contribution < 1.29 is 23.1 Å². The lowest BCUT2D eigenvalue weighted by molar-refractivity contribution is -0.137. The van der Waals surface area contributed by atoms with Gasteiger partial charge in [-0.2, -0.15) is 4.31 Å². The van der Waals surface area contributed by atoms with Gasteiger partial charge in [0.05, 0.1) is 22.8 Å². The second-order valence-corrected chi connectivity index (χ2v) is 13.0. The van der Waals surface area contributed by atoms with E-state index in [0.29, 0.717) is 22.9 Å². The molecular formula is C26H28ClN5O5S2. The highest BCUT2D eigenvalue weighted by Gasteiger charge is 2.36. The molecule has 0 fully saturated rings. The van der Waals surface area contributed by atoms with Crippen LogP contribution in [0.1, 0.15) is 54.2 Å². The van der Waals surface area contributed by atoms with Crippen molar-refractivity contribution in [1.82, 2.24) is 24.3 Å². The summed E-state index contributed by atoms with van der Waals surface area (Å²) in [6.07, 6.45) is 1.56. The molecule has 2 atom stereocenters. The molecule has 0 saturated carbocycles. The average Bonchev–Trinajstić information content (AvgIpc) is 3.47. The number of halogens is 1. The summed E-state index contributed by atoms with van der Waals surface area (Å²) in [7, 11) is -3.91. The number of thiophene rings is 1. The van der Waals surface area contributed by atoms with E-state index in [2.05, 4.69) is 15.3 Å². The highest BCUT2D eigenvalue weighted by Crippen LogP contribution is 2.41. The molecule has 1 aromatic carbocycles. The van der Waals surface area contributed by atoms with E-state index in [1.807, 2.05) is 39.0 Å². The molecule has 39 heavy (non-hydrogen) atoms. The van der Waals surface area contributed by atoms with Crippen LogP contribution in [0.25, 0.3) is 11.0 Å². The fraction of sp³-hybridized carbons (Fsp3) is 0.385. The standard InChI is InChI=1S/C26H28ClN5O5S2/c1-4-17-14-31(39(35,36)22-7-6-10-28-26(22)37-17)13-16-11-21(38-25(16)27)19(12-23(33)34)18-8-9-20-24(15(18)3)29-30-32(20)5-2/h6-11,17,19H,4-5,12-14H2,1-3H3,(H,33,34)/t17-,19-/m1/s1. The Morgan fingerprint density at radius 3 is 2.82 bits per heavy atom. The average molecular weight is 590 g/mol. The molecule has 1 N–H and O–H groups in total. The molecule has 5 rings (SSSR count). The van der Waals surface area contributed by atoms with E-state index in [1.54, 1.807) is 10.7 Å². The van der Waals surface area contributed by atoms with Gasteiger partial charge in [-0.05, 0) is 61.2 Å². The van der Waals surface area contributed by atoms with Crippen molar-refractivity contribution in [1.29, 1.82) is 0 Å². The van der Waals surface area contributed by atoms with Crippen LogP contribution in [0, 0.1) is 6.92 Å². The Labute approximate surface area is 235 Å². The van der Waals surface area contributed by atoms with Crippen molar-refractivity contribution in [3.63, 3.8) is 0 Å². The van der Waals surface area contributed by atoms with E-state index in [9.17, 15) is 18.3 Å². The SMILES string of the molecule is CC[C@@H]1CN(Cc2cc([C@H](CC(=O)O)c3ccc4c(nnn4CC)c3C)sc2Cl)S(=O)(=O)c2cccnc2O1. The number of carbonyl (C=O) groups is 1. The summed E-state index contributed by atoms with van der Waals surface area (Å²) in [5.41, 5.74) is 3.88. The summed E-state index contributed by atoms with van der Waals surface area (Å²) < 4.78 is 36.6. The first-order valence-corrected chi connectivity index (χ1v) is 15.2. The summed E-state index contributed by atoms with van der Waals surface area (Å²) in [5.74, 6) is -1.35. The third-order valence-electron chi connectivity index (χ3n) is 7.00. The third kappa shape index (κ3) is 5.13. The molecule has 0 radical (unpaired) electrons. The number of aromatic nitrogens is 4. The minimum atomic E-state index is -3.91. The first kappa shape index (κ1) is 27.5. The van der Waals surface area contributed by atoms with E-state index in [0.717, 1.165) is 27.0 Å². The molecule has 0 spiro atoms. The summed E-state index contributed by atoms with van der Waals surface area (Å²) in [6, 6.07) is 8.70. The second-order valence-electron chi connectivity index (χ2n) is 9.40. The Morgan fingerprint density at radius 1 is 1.31 bits per heavy atom. The quantitative estimate of drug-likeness (QED) is 0.309. The van der Waals surface area contributed by atoms with Crippen molar-refractivity contribution in [2.24, 2.45) is 0 Å². The number of fused-ring (bicyclic) bond motifs is 2. The van der Waals surface area contributed by atoms with E-state index in [4.69, 9.17) is 16.3 Å². The topological polar surface area (TPSA) is 128 Å². The predicted molar refractivity (Wildman–Crippen MR) is 148 cm³/mol. The van der Waals surface area contributed by atoms with Crippen LogP contribution in [0.4, 0.5) is 0 Å². The fourth-order valence-corrected chi connectivity index (χ4v) is 7.83. The van der Waals surface area contributed by atoms with Crippen molar-refractivity contribution in [2.75, 3.05) is 6.54 Å². The number of carboxylic acids is 1. The highest BCUT2D eigenvalue weighted by molar-refractivity contribution is 7.89. The van der Waals surface area contributed by atoms with Crippen LogP contribution in [-0.2, 0) is 27.9 Å². The minimum absolute atomic E-state index is 0.0142. The molecule has 3 aromatic heterocycles. The normalized spacial score (nSPS) is 17.9. The molecule has 1 aliphatic heterocycles. The number of ether oxygens (including phenoxy) is 1. The number of hydrogen-bond donors (Lipinski definition) is 1. The van der Waals surface area contributed by atoms with Gasteiger partial charge >= 0.3 is 5.97 Å². The zero-order chi connectivity index (χ0) is 27.9. The van der Waals surface area contributed by atoms with Gasteiger partial charge in [0.15, 0.2) is 0 Å². The van der Waals surface area contributed by atoms with Gasteiger partial charge in [-0.15, -0.1) is 16.4 Å². The van der Waals surface area contributed by atoms with Crippen molar-refractivity contribution in [3.05, 3.63) is 62.4 Å². The summed E-state index contributed by atoms with van der Waals surface area (Å²) >= 11 is 7.94. The van der Waals surface area contributed by atoms with Crippen LogP contribution < -0.4 is 4.74 Å². The monoisotopic (exact) mass is 589 g/mol. The van der Waals surface area contributed by atoms with Gasteiger partial charge in [-0.1, -0.05) is 29.8 Å². The zero-order valence-electron chi connectivity index (χ0n) is 21.7. The molecule has 4 aromatic rings. The first-order chi connectivity index (χ1) is 18.6. The molecule has 0 aliphatic carbocycles.